The number of fused-ring (bicyclic) bond motifs is 5. The van der Waals surface area contributed by atoms with Gasteiger partial charge in [0.15, 0.2) is 10.8 Å². The van der Waals surface area contributed by atoms with E-state index in [-0.39, 0.29) is 21.7 Å². The van der Waals surface area contributed by atoms with Gasteiger partial charge in [0.1, 0.15) is 11.2 Å². The Morgan fingerprint density at radius 3 is 2.73 bits per heavy atom. The second kappa shape index (κ2) is 8.16. The van der Waals surface area contributed by atoms with E-state index in [2.05, 4.69) is 20.5 Å². The number of carbonyl (C=O) groups is 1. The molecule has 3 aromatic heterocycles. The summed E-state index contributed by atoms with van der Waals surface area (Å²) >= 11 is 21.2. The van der Waals surface area contributed by atoms with Crippen molar-refractivity contribution in [2.75, 3.05) is 11.1 Å². The molecule has 11 heteroatoms. The Kier molecular flexibility index (Phi) is 5.53. The van der Waals surface area contributed by atoms with Crippen molar-refractivity contribution in [3.63, 3.8) is 0 Å². The van der Waals surface area contributed by atoms with Gasteiger partial charge in [0.2, 0.25) is 5.91 Å². The molecule has 0 radical (unpaired) electrons. The Hall–Kier alpha value is -1.58. The molecule has 30 heavy (non-hydrogen) atoms. The van der Waals surface area contributed by atoms with Gasteiger partial charge >= 0.3 is 0 Å². The fourth-order valence-electron chi connectivity index (χ4n) is 3.60. The van der Waals surface area contributed by atoms with Crippen molar-refractivity contribution in [1.29, 1.82) is 0 Å². The summed E-state index contributed by atoms with van der Waals surface area (Å²) in [4.78, 5) is 19.5. The van der Waals surface area contributed by atoms with E-state index >= 15 is 0 Å². The van der Waals surface area contributed by atoms with Crippen LogP contribution in [0.3, 0.4) is 0 Å². The molecule has 154 valence electrons. The van der Waals surface area contributed by atoms with Gasteiger partial charge < -0.3 is 5.32 Å². The number of rotatable bonds is 4. The van der Waals surface area contributed by atoms with E-state index in [0.717, 1.165) is 28.7 Å². The minimum atomic E-state index is -0.259. The zero-order valence-corrected chi connectivity index (χ0v) is 19.3. The summed E-state index contributed by atoms with van der Waals surface area (Å²) in [5, 5.41) is 14.1. The summed E-state index contributed by atoms with van der Waals surface area (Å²) in [6, 6.07) is 3.06. The van der Waals surface area contributed by atoms with Crippen LogP contribution < -0.4 is 5.32 Å². The van der Waals surface area contributed by atoms with Crippen LogP contribution in [0, 0.1) is 0 Å². The highest BCUT2D eigenvalue weighted by atomic mass is 35.5. The molecule has 1 aliphatic carbocycles. The van der Waals surface area contributed by atoms with Crippen LogP contribution in [-0.4, -0.2) is 31.2 Å². The number of thioether (sulfide) groups is 1. The lowest BCUT2D eigenvalue weighted by molar-refractivity contribution is -0.113. The number of benzene rings is 1. The van der Waals surface area contributed by atoms with Crippen molar-refractivity contribution < 1.29 is 4.79 Å². The molecular formula is C19H14Cl3N5OS2. The fraction of sp³-hybridized carbons (Fsp3) is 0.263. The quantitative estimate of drug-likeness (QED) is 0.354. The van der Waals surface area contributed by atoms with Gasteiger partial charge in [0.25, 0.3) is 0 Å². The average molecular weight is 499 g/mol. The first kappa shape index (κ1) is 20.3. The Labute approximate surface area is 194 Å². The van der Waals surface area contributed by atoms with Crippen LogP contribution in [0.4, 0.5) is 5.69 Å². The third-order valence-electron chi connectivity index (χ3n) is 4.93. The third kappa shape index (κ3) is 3.65. The average Bonchev–Trinajstić information content (AvgIpc) is 3.29. The van der Waals surface area contributed by atoms with Gasteiger partial charge in [-0.15, -0.1) is 21.5 Å². The Balaban J connectivity index is 1.38. The standard InChI is InChI=1S/C19H14Cl3N5OS2/c20-9-5-11(21)16(12(22)6-9)24-14(28)7-29-19-26-25-17-15-10-3-1-2-4-13(10)30-18(15)23-8-27(17)19/h5-6,8H,1-4,7H2,(H,24,28). The fourth-order valence-corrected chi connectivity index (χ4v) is 6.44. The molecule has 1 aromatic carbocycles. The second-order valence-corrected chi connectivity index (χ2v) is 10.2. The number of halogens is 3. The number of carbonyl (C=O) groups excluding carboxylic acids is 1. The van der Waals surface area contributed by atoms with Gasteiger partial charge in [-0.1, -0.05) is 46.6 Å². The molecule has 0 saturated carbocycles. The molecule has 1 N–H and O–H groups in total. The molecule has 3 heterocycles. The first-order valence-electron chi connectivity index (χ1n) is 9.22. The number of amides is 1. The Morgan fingerprint density at radius 2 is 1.93 bits per heavy atom. The number of aromatic nitrogens is 4. The smallest absolute Gasteiger partial charge is 0.234 e. The number of thiophene rings is 1. The predicted octanol–water partition coefficient (Wildman–Crippen LogP) is 5.91. The van der Waals surface area contributed by atoms with E-state index in [9.17, 15) is 4.79 Å². The molecule has 0 bridgehead atoms. The zero-order chi connectivity index (χ0) is 20.8. The molecular weight excluding hydrogens is 485 g/mol. The van der Waals surface area contributed by atoms with E-state index in [1.165, 1.54) is 47.2 Å². The van der Waals surface area contributed by atoms with E-state index in [0.29, 0.717) is 15.9 Å². The minimum Gasteiger partial charge on any atom is -0.323 e. The number of hydrogen-bond acceptors (Lipinski definition) is 6. The number of anilines is 1. The van der Waals surface area contributed by atoms with Gasteiger partial charge in [-0.2, -0.15) is 0 Å². The van der Waals surface area contributed by atoms with E-state index < -0.39 is 0 Å². The number of hydrogen-bond donors (Lipinski definition) is 1. The maximum Gasteiger partial charge on any atom is 0.234 e. The number of nitrogens with zero attached hydrogens (tertiary/aromatic N) is 4. The van der Waals surface area contributed by atoms with Gasteiger partial charge in [-0.25, -0.2) is 4.98 Å². The lowest BCUT2D eigenvalue weighted by Gasteiger charge is -2.10. The highest BCUT2D eigenvalue weighted by Gasteiger charge is 2.21. The first-order chi connectivity index (χ1) is 14.5. The van der Waals surface area contributed by atoms with Gasteiger partial charge in [-0.3, -0.25) is 9.20 Å². The van der Waals surface area contributed by atoms with Crippen LogP contribution in [0.2, 0.25) is 15.1 Å². The SMILES string of the molecule is O=C(CSc1nnc2c3c4c(sc3ncn12)CCCC4)Nc1c(Cl)cc(Cl)cc1Cl. The summed E-state index contributed by atoms with van der Waals surface area (Å²) in [7, 11) is 0. The second-order valence-electron chi connectivity index (χ2n) is 6.89. The van der Waals surface area contributed by atoms with Crippen molar-refractivity contribution in [2.45, 2.75) is 30.8 Å². The monoisotopic (exact) mass is 497 g/mol. The highest BCUT2D eigenvalue weighted by Crippen LogP contribution is 2.38. The largest absolute Gasteiger partial charge is 0.323 e. The molecule has 0 spiro atoms. The lowest BCUT2D eigenvalue weighted by atomic mass is 9.97. The minimum absolute atomic E-state index is 0.121. The van der Waals surface area contributed by atoms with Crippen molar-refractivity contribution >= 4 is 85.4 Å². The maximum atomic E-state index is 12.4. The van der Waals surface area contributed by atoms with Gasteiger partial charge in [-0.05, 0) is 43.4 Å². The molecule has 0 atom stereocenters. The van der Waals surface area contributed by atoms with Crippen LogP contribution in [0.15, 0.2) is 23.6 Å². The molecule has 1 aliphatic rings. The Bertz CT molecular complexity index is 1280. The zero-order valence-electron chi connectivity index (χ0n) is 15.4. The topological polar surface area (TPSA) is 72.2 Å². The van der Waals surface area contributed by atoms with Gasteiger partial charge in [0, 0.05) is 9.90 Å². The summed E-state index contributed by atoms with van der Waals surface area (Å²) in [6.07, 6.45) is 6.30. The van der Waals surface area contributed by atoms with Crippen LogP contribution in [0.5, 0.6) is 0 Å². The van der Waals surface area contributed by atoms with Crippen molar-refractivity contribution in [1.82, 2.24) is 19.6 Å². The molecule has 5 rings (SSSR count). The van der Waals surface area contributed by atoms with Crippen LogP contribution in [0.25, 0.3) is 15.9 Å². The summed E-state index contributed by atoms with van der Waals surface area (Å²) in [5.74, 6) is -0.139. The van der Waals surface area contributed by atoms with Crippen molar-refractivity contribution in [3.05, 3.63) is 44.0 Å². The summed E-state index contributed by atoms with van der Waals surface area (Å²) in [6.45, 7) is 0. The highest BCUT2D eigenvalue weighted by molar-refractivity contribution is 7.99. The third-order valence-corrected chi connectivity index (χ3v) is 7.89. The predicted molar refractivity (Wildman–Crippen MR) is 124 cm³/mol. The normalized spacial score (nSPS) is 13.7. The van der Waals surface area contributed by atoms with Crippen molar-refractivity contribution in [2.24, 2.45) is 0 Å². The van der Waals surface area contributed by atoms with Gasteiger partial charge in [0.05, 0.1) is 26.9 Å². The molecule has 4 aromatic rings. The van der Waals surface area contributed by atoms with Crippen molar-refractivity contribution in [3.8, 4) is 0 Å². The molecule has 6 nitrogen and oxygen atoms in total. The van der Waals surface area contributed by atoms with E-state index in [1.54, 1.807) is 17.7 Å². The molecule has 0 aliphatic heterocycles. The summed E-state index contributed by atoms with van der Waals surface area (Å²) in [5.41, 5.74) is 2.49. The molecule has 0 unspecified atom stereocenters. The van der Waals surface area contributed by atoms with Crippen LogP contribution >= 0.6 is 57.9 Å². The maximum absolute atomic E-state index is 12.4. The van der Waals surface area contributed by atoms with E-state index in [4.69, 9.17) is 34.8 Å². The Morgan fingerprint density at radius 1 is 1.17 bits per heavy atom. The van der Waals surface area contributed by atoms with E-state index in [1.807, 2.05) is 4.40 Å². The van der Waals surface area contributed by atoms with Crippen LogP contribution in [0.1, 0.15) is 23.3 Å². The molecule has 0 fully saturated rings. The number of aryl methyl sites for hydroxylation is 2. The lowest BCUT2D eigenvalue weighted by Crippen LogP contribution is -2.15. The number of nitrogens with one attached hydrogen (secondary N) is 1. The molecule has 1 amide bonds. The first-order valence-corrected chi connectivity index (χ1v) is 12.2. The molecule has 0 saturated heterocycles. The summed E-state index contributed by atoms with van der Waals surface area (Å²) < 4.78 is 1.85. The van der Waals surface area contributed by atoms with Crippen LogP contribution in [-0.2, 0) is 17.6 Å².